The smallest absolute Gasteiger partial charge is 0.340 e. The van der Waals surface area contributed by atoms with E-state index in [1.807, 2.05) is 6.92 Å². The van der Waals surface area contributed by atoms with Crippen molar-refractivity contribution in [3.8, 4) is 5.75 Å². The number of para-hydroxylation sites is 1. The molecule has 0 aliphatic heterocycles. The third-order valence-electron chi connectivity index (χ3n) is 2.70. The van der Waals surface area contributed by atoms with Crippen LogP contribution in [0.25, 0.3) is 0 Å². The first kappa shape index (κ1) is 13.4. The van der Waals surface area contributed by atoms with Gasteiger partial charge in [-0.25, -0.2) is 4.79 Å². The number of hydrogen-bond donors (Lipinski definition) is 1. The zero-order valence-corrected chi connectivity index (χ0v) is 10.5. The van der Waals surface area contributed by atoms with Crippen LogP contribution in [0, 0.1) is 5.92 Å². The first-order valence-electron chi connectivity index (χ1n) is 5.69. The highest BCUT2D eigenvalue weighted by atomic mass is 16.5. The predicted octanol–water partition coefficient (Wildman–Crippen LogP) is 2.48. The molecule has 0 bridgehead atoms. The van der Waals surface area contributed by atoms with Gasteiger partial charge in [-0.1, -0.05) is 26.3 Å². The van der Waals surface area contributed by atoms with Crippen LogP contribution in [0.1, 0.15) is 30.6 Å². The van der Waals surface area contributed by atoms with Crippen LogP contribution in [0.3, 0.4) is 0 Å². The van der Waals surface area contributed by atoms with E-state index in [1.165, 1.54) is 7.11 Å². The van der Waals surface area contributed by atoms with Gasteiger partial charge in [-0.3, -0.25) is 0 Å². The van der Waals surface area contributed by atoms with Crippen LogP contribution in [0.5, 0.6) is 5.75 Å². The number of esters is 1. The number of nitrogens with two attached hydrogens (primary N) is 1. The van der Waals surface area contributed by atoms with E-state index in [1.54, 1.807) is 18.2 Å². The molecular weight excluding hydrogens is 218 g/mol. The van der Waals surface area contributed by atoms with E-state index in [0.717, 1.165) is 6.42 Å². The molecule has 0 heterocycles. The Kier molecular flexibility index (Phi) is 4.82. The Bertz CT molecular complexity index is 390. The topological polar surface area (TPSA) is 61.5 Å². The SMILES string of the molecule is CCC(C)COC(=O)c1cccc(OC)c1N. The minimum absolute atomic E-state index is 0.323. The van der Waals surface area contributed by atoms with Gasteiger partial charge in [0.25, 0.3) is 0 Å². The van der Waals surface area contributed by atoms with Crippen molar-refractivity contribution in [1.29, 1.82) is 0 Å². The van der Waals surface area contributed by atoms with Crippen molar-refractivity contribution in [2.75, 3.05) is 19.5 Å². The Morgan fingerprint density at radius 1 is 1.47 bits per heavy atom. The molecular formula is C13H19NO3. The molecule has 2 N–H and O–H groups in total. The standard InChI is InChI=1S/C13H19NO3/c1-4-9(2)8-17-13(15)10-6-5-7-11(16-3)12(10)14/h5-7,9H,4,8,14H2,1-3H3. The lowest BCUT2D eigenvalue weighted by Crippen LogP contribution is -2.13. The molecule has 4 nitrogen and oxygen atoms in total. The number of ether oxygens (including phenoxy) is 2. The molecule has 0 saturated carbocycles. The summed E-state index contributed by atoms with van der Waals surface area (Å²) < 4.78 is 10.2. The molecule has 0 amide bonds. The number of nitrogen functional groups attached to an aromatic ring is 1. The number of hydrogen-bond acceptors (Lipinski definition) is 4. The molecule has 17 heavy (non-hydrogen) atoms. The second-order valence-electron chi connectivity index (χ2n) is 4.03. The summed E-state index contributed by atoms with van der Waals surface area (Å²) in [4.78, 5) is 11.8. The lowest BCUT2D eigenvalue weighted by atomic mass is 10.1. The number of benzene rings is 1. The van der Waals surface area contributed by atoms with E-state index in [2.05, 4.69) is 6.92 Å². The Morgan fingerprint density at radius 3 is 2.76 bits per heavy atom. The number of rotatable bonds is 5. The normalized spacial score (nSPS) is 11.9. The fourth-order valence-corrected chi connectivity index (χ4v) is 1.31. The second-order valence-corrected chi connectivity index (χ2v) is 4.03. The van der Waals surface area contributed by atoms with Gasteiger partial charge in [-0.2, -0.15) is 0 Å². The molecule has 0 aromatic heterocycles. The zero-order chi connectivity index (χ0) is 12.8. The second kappa shape index (κ2) is 6.13. The van der Waals surface area contributed by atoms with Crippen LogP contribution in [-0.4, -0.2) is 19.7 Å². The number of methoxy groups -OCH3 is 1. The molecule has 94 valence electrons. The molecule has 0 spiro atoms. The largest absolute Gasteiger partial charge is 0.495 e. The fourth-order valence-electron chi connectivity index (χ4n) is 1.31. The van der Waals surface area contributed by atoms with E-state index in [9.17, 15) is 4.79 Å². The van der Waals surface area contributed by atoms with Crippen LogP contribution < -0.4 is 10.5 Å². The molecule has 1 aromatic rings. The van der Waals surface area contributed by atoms with E-state index in [0.29, 0.717) is 29.5 Å². The summed E-state index contributed by atoms with van der Waals surface area (Å²) in [5.41, 5.74) is 6.49. The third-order valence-corrected chi connectivity index (χ3v) is 2.70. The van der Waals surface area contributed by atoms with Gasteiger partial charge in [0, 0.05) is 0 Å². The quantitative estimate of drug-likeness (QED) is 0.631. The molecule has 1 aromatic carbocycles. The van der Waals surface area contributed by atoms with Gasteiger partial charge in [-0.05, 0) is 18.1 Å². The highest BCUT2D eigenvalue weighted by Gasteiger charge is 2.15. The fraction of sp³-hybridized carbons (Fsp3) is 0.462. The van der Waals surface area contributed by atoms with Crippen LogP contribution in [0.15, 0.2) is 18.2 Å². The maximum Gasteiger partial charge on any atom is 0.340 e. The minimum Gasteiger partial charge on any atom is -0.495 e. The lowest BCUT2D eigenvalue weighted by Gasteiger charge is -2.12. The van der Waals surface area contributed by atoms with E-state index < -0.39 is 5.97 Å². The monoisotopic (exact) mass is 237 g/mol. The summed E-state index contributed by atoms with van der Waals surface area (Å²) in [7, 11) is 1.51. The zero-order valence-electron chi connectivity index (χ0n) is 10.5. The van der Waals surface area contributed by atoms with Crippen LogP contribution in [0.4, 0.5) is 5.69 Å². The van der Waals surface area contributed by atoms with Gasteiger partial charge in [0.05, 0.1) is 25.0 Å². The van der Waals surface area contributed by atoms with Crippen molar-refractivity contribution in [2.24, 2.45) is 5.92 Å². The van der Waals surface area contributed by atoms with E-state index in [4.69, 9.17) is 15.2 Å². The molecule has 0 radical (unpaired) electrons. The van der Waals surface area contributed by atoms with E-state index in [-0.39, 0.29) is 0 Å². The summed E-state index contributed by atoms with van der Waals surface area (Å²) in [5, 5.41) is 0. The number of carbonyl (C=O) groups excluding carboxylic acids is 1. The van der Waals surface area contributed by atoms with Gasteiger partial charge >= 0.3 is 5.97 Å². The summed E-state index contributed by atoms with van der Waals surface area (Å²) in [6.45, 7) is 4.49. The highest BCUT2D eigenvalue weighted by molar-refractivity contribution is 5.96. The predicted molar refractivity (Wildman–Crippen MR) is 67.1 cm³/mol. The summed E-state index contributed by atoms with van der Waals surface area (Å²) in [5.74, 6) is 0.440. The van der Waals surface area contributed by atoms with Gasteiger partial charge in [0.2, 0.25) is 0 Å². The maximum absolute atomic E-state index is 11.8. The number of anilines is 1. The Balaban J connectivity index is 2.75. The average Bonchev–Trinajstić information content (AvgIpc) is 2.35. The van der Waals surface area contributed by atoms with Crippen molar-refractivity contribution >= 4 is 11.7 Å². The highest BCUT2D eigenvalue weighted by Crippen LogP contribution is 2.25. The molecule has 1 unspecified atom stereocenters. The van der Waals surface area contributed by atoms with Gasteiger partial charge in [-0.15, -0.1) is 0 Å². The van der Waals surface area contributed by atoms with Gasteiger partial charge < -0.3 is 15.2 Å². The van der Waals surface area contributed by atoms with Crippen molar-refractivity contribution in [3.05, 3.63) is 23.8 Å². The Labute approximate surface area is 102 Å². The van der Waals surface area contributed by atoms with Gasteiger partial charge in [0.1, 0.15) is 5.75 Å². The summed E-state index contributed by atoms with van der Waals surface area (Å²) in [6.07, 6.45) is 0.973. The van der Waals surface area contributed by atoms with Crippen molar-refractivity contribution in [2.45, 2.75) is 20.3 Å². The first-order valence-corrected chi connectivity index (χ1v) is 5.69. The van der Waals surface area contributed by atoms with Crippen molar-refractivity contribution in [1.82, 2.24) is 0 Å². The Hall–Kier alpha value is -1.71. The van der Waals surface area contributed by atoms with Crippen molar-refractivity contribution in [3.63, 3.8) is 0 Å². The van der Waals surface area contributed by atoms with Crippen LogP contribution in [-0.2, 0) is 4.74 Å². The molecule has 4 heteroatoms. The lowest BCUT2D eigenvalue weighted by molar-refractivity contribution is 0.0448. The molecule has 0 aliphatic carbocycles. The summed E-state index contributed by atoms with van der Waals surface area (Å²) >= 11 is 0. The molecule has 1 rings (SSSR count). The van der Waals surface area contributed by atoms with Crippen LogP contribution in [0.2, 0.25) is 0 Å². The average molecular weight is 237 g/mol. The minimum atomic E-state index is -0.401. The molecule has 0 saturated heterocycles. The first-order chi connectivity index (χ1) is 8.10. The Morgan fingerprint density at radius 2 is 2.18 bits per heavy atom. The van der Waals surface area contributed by atoms with Crippen LogP contribution >= 0.6 is 0 Å². The molecule has 0 aliphatic rings. The number of carbonyl (C=O) groups is 1. The maximum atomic E-state index is 11.8. The van der Waals surface area contributed by atoms with Crippen molar-refractivity contribution < 1.29 is 14.3 Å². The third kappa shape index (κ3) is 3.37. The van der Waals surface area contributed by atoms with Gasteiger partial charge in [0.15, 0.2) is 0 Å². The van der Waals surface area contributed by atoms with E-state index >= 15 is 0 Å². The molecule has 1 atom stereocenters. The molecule has 0 fully saturated rings. The summed E-state index contributed by atoms with van der Waals surface area (Å²) in [6, 6.07) is 5.06.